The number of hydrogen-bond acceptors (Lipinski definition) is 5. The lowest BCUT2D eigenvalue weighted by Gasteiger charge is -2.34. The molecule has 2 aromatic rings. The standard InChI is InChI=1S/C27H31N3O5/c1-19(26(33)30-16-14-29(15-17-30)13-11-25(31)32)10-12-28-27(34)35-18-24-22-8-4-2-6-20(22)21-7-3-5-9-23(21)24/h2-10,24H,11-18H2,1H3,(H,28,34)(H,31,32)/b19-10+. The Morgan fingerprint density at radius 2 is 1.60 bits per heavy atom. The van der Waals surface area contributed by atoms with Gasteiger partial charge in [0.15, 0.2) is 0 Å². The number of hydrogen-bond donors (Lipinski definition) is 2. The maximum absolute atomic E-state index is 12.7. The first-order valence-corrected chi connectivity index (χ1v) is 11.9. The largest absolute Gasteiger partial charge is 0.481 e. The predicted octanol–water partition coefficient (Wildman–Crippen LogP) is 3.09. The summed E-state index contributed by atoms with van der Waals surface area (Å²) in [5.41, 5.74) is 5.23. The van der Waals surface area contributed by atoms with Crippen LogP contribution in [-0.2, 0) is 14.3 Å². The fourth-order valence-electron chi connectivity index (χ4n) is 4.70. The Morgan fingerprint density at radius 1 is 1.00 bits per heavy atom. The monoisotopic (exact) mass is 477 g/mol. The summed E-state index contributed by atoms with van der Waals surface area (Å²) in [6.07, 6.45) is 1.28. The minimum absolute atomic E-state index is 0.00108. The summed E-state index contributed by atoms with van der Waals surface area (Å²) < 4.78 is 5.53. The lowest BCUT2D eigenvalue weighted by Crippen LogP contribution is -2.49. The third-order valence-electron chi connectivity index (χ3n) is 6.64. The summed E-state index contributed by atoms with van der Waals surface area (Å²) in [5.74, 6) is -0.885. The van der Waals surface area contributed by atoms with E-state index >= 15 is 0 Å². The van der Waals surface area contributed by atoms with Gasteiger partial charge in [-0.05, 0) is 29.2 Å². The maximum Gasteiger partial charge on any atom is 0.407 e. The minimum Gasteiger partial charge on any atom is -0.481 e. The van der Waals surface area contributed by atoms with Gasteiger partial charge in [0.25, 0.3) is 0 Å². The zero-order chi connectivity index (χ0) is 24.8. The van der Waals surface area contributed by atoms with Crippen LogP contribution in [0.15, 0.2) is 60.2 Å². The van der Waals surface area contributed by atoms with Crippen molar-refractivity contribution >= 4 is 18.0 Å². The molecule has 1 aliphatic carbocycles. The van der Waals surface area contributed by atoms with Gasteiger partial charge < -0.3 is 20.1 Å². The van der Waals surface area contributed by atoms with E-state index in [1.54, 1.807) is 17.9 Å². The fourth-order valence-corrected chi connectivity index (χ4v) is 4.70. The van der Waals surface area contributed by atoms with E-state index in [1.807, 2.05) is 24.3 Å². The van der Waals surface area contributed by atoms with Gasteiger partial charge in [-0.2, -0.15) is 0 Å². The van der Waals surface area contributed by atoms with Crippen LogP contribution in [0.3, 0.4) is 0 Å². The van der Waals surface area contributed by atoms with Crippen molar-refractivity contribution in [2.75, 3.05) is 45.9 Å². The smallest absolute Gasteiger partial charge is 0.407 e. The SMILES string of the molecule is C/C(=C\CNC(=O)OCC1c2ccccc2-c2ccccc21)C(=O)N1CCN(CCC(=O)O)CC1. The van der Waals surface area contributed by atoms with Gasteiger partial charge in [-0.3, -0.25) is 14.5 Å². The molecule has 1 saturated heterocycles. The van der Waals surface area contributed by atoms with Crippen LogP contribution >= 0.6 is 0 Å². The van der Waals surface area contributed by atoms with Crippen molar-refractivity contribution in [2.45, 2.75) is 19.3 Å². The maximum atomic E-state index is 12.7. The Bertz CT molecular complexity index is 1080. The van der Waals surface area contributed by atoms with Crippen molar-refractivity contribution in [2.24, 2.45) is 0 Å². The summed E-state index contributed by atoms with van der Waals surface area (Å²) in [4.78, 5) is 39.5. The van der Waals surface area contributed by atoms with Gasteiger partial charge in [-0.15, -0.1) is 0 Å². The minimum atomic E-state index is -0.814. The lowest BCUT2D eigenvalue weighted by atomic mass is 9.98. The molecule has 0 aromatic heterocycles. The average molecular weight is 478 g/mol. The molecule has 0 saturated carbocycles. The van der Waals surface area contributed by atoms with Crippen molar-refractivity contribution in [3.05, 3.63) is 71.3 Å². The molecule has 184 valence electrons. The van der Waals surface area contributed by atoms with Crippen LogP contribution in [0, 0.1) is 0 Å². The quantitative estimate of drug-likeness (QED) is 0.567. The molecule has 35 heavy (non-hydrogen) atoms. The average Bonchev–Trinajstić information content (AvgIpc) is 3.19. The molecule has 0 atom stereocenters. The molecule has 0 radical (unpaired) electrons. The van der Waals surface area contributed by atoms with E-state index < -0.39 is 12.1 Å². The number of aliphatic carboxylic acids is 1. The Hall–Kier alpha value is -3.65. The van der Waals surface area contributed by atoms with E-state index in [0.717, 1.165) is 11.1 Å². The molecule has 2 N–H and O–H groups in total. The van der Waals surface area contributed by atoms with Gasteiger partial charge in [0.05, 0.1) is 6.42 Å². The number of nitrogens with one attached hydrogen (secondary N) is 1. The normalized spacial score (nSPS) is 15.9. The molecule has 1 fully saturated rings. The summed E-state index contributed by atoms with van der Waals surface area (Å²) in [7, 11) is 0. The molecule has 2 aromatic carbocycles. The van der Waals surface area contributed by atoms with Crippen LogP contribution in [0.4, 0.5) is 4.79 Å². The van der Waals surface area contributed by atoms with Gasteiger partial charge in [0.2, 0.25) is 5.91 Å². The Morgan fingerprint density at radius 3 is 2.20 bits per heavy atom. The van der Waals surface area contributed by atoms with Gasteiger partial charge in [0, 0.05) is 50.8 Å². The third-order valence-corrected chi connectivity index (χ3v) is 6.64. The van der Waals surface area contributed by atoms with Crippen LogP contribution in [0.5, 0.6) is 0 Å². The number of ether oxygens (including phenoxy) is 1. The van der Waals surface area contributed by atoms with Crippen molar-refractivity contribution in [3.63, 3.8) is 0 Å². The number of carbonyl (C=O) groups excluding carboxylic acids is 2. The number of carboxylic acids is 1. The van der Waals surface area contributed by atoms with Crippen LogP contribution in [-0.4, -0.2) is 78.8 Å². The Kier molecular flexibility index (Phi) is 7.82. The molecule has 0 spiro atoms. The molecule has 0 unspecified atom stereocenters. The summed E-state index contributed by atoms with van der Waals surface area (Å²) in [6, 6.07) is 16.4. The Labute approximate surface area is 205 Å². The second-order valence-corrected chi connectivity index (χ2v) is 8.87. The number of nitrogens with zero attached hydrogens (tertiary/aromatic N) is 2. The van der Waals surface area contributed by atoms with E-state index in [0.29, 0.717) is 38.3 Å². The van der Waals surface area contributed by atoms with Crippen molar-refractivity contribution in [1.82, 2.24) is 15.1 Å². The van der Waals surface area contributed by atoms with E-state index in [2.05, 4.69) is 34.5 Å². The number of benzene rings is 2. The van der Waals surface area contributed by atoms with Crippen LogP contribution in [0.25, 0.3) is 11.1 Å². The number of alkyl carbamates (subject to hydrolysis) is 1. The topological polar surface area (TPSA) is 99.2 Å². The number of carboxylic acid groups (broad SMARTS) is 1. The fraction of sp³-hybridized carbons (Fsp3) is 0.370. The van der Waals surface area contributed by atoms with E-state index in [9.17, 15) is 14.4 Å². The molecule has 4 rings (SSSR count). The highest BCUT2D eigenvalue weighted by Crippen LogP contribution is 2.44. The number of carbonyl (C=O) groups is 3. The second-order valence-electron chi connectivity index (χ2n) is 8.87. The molecule has 2 amide bonds. The first-order chi connectivity index (χ1) is 16.9. The highest BCUT2D eigenvalue weighted by Gasteiger charge is 2.29. The molecule has 8 heteroatoms. The molecule has 8 nitrogen and oxygen atoms in total. The number of piperazine rings is 1. The van der Waals surface area contributed by atoms with Gasteiger partial charge in [0.1, 0.15) is 6.61 Å². The zero-order valence-corrected chi connectivity index (χ0v) is 19.9. The second kappa shape index (κ2) is 11.2. The summed E-state index contributed by atoms with van der Waals surface area (Å²) in [5, 5.41) is 11.5. The van der Waals surface area contributed by atoms with Crippen LogP contribution < -0.4 is 5.32 Å². The molecule has 2 aliphatic rings. The predicted molar refractivity (Wildman–Crippen MR) is 132 cm³/mol. The number of rotatable bonds is 8. The number of fused-ring (bicyclic) bond motifs is 3. The van der Waals surface area contributed by atoms with Gasteiger partial charge in [-0.1, -0.05) is 54.6 Å². The first kappa shape index (κ1) is 24.5. The summed E-state index contributed by atoms with van der Waals surface area (Å²) >= 11 is 0. The van der Waals surface area contributed by atoms with Crippen molar-refractivity contribution in [1.29, 1.82) is 0 Å². The third kappa shape index (κ3) is 5.89. The van der Waals surface area contributed by atoms with Gasteiger partial charge >= 0.3 is 12.1 Å². The van der Waals surface area contributed by atoms with Crippen LogP contribution in [0.2, 0.25) is 0 Å². The van der Waals surface area contributed by atoms with E-state index in [4.69, 9.17) is 9.84 Å². The first-order valence-electron chi connectivity index (χ1n) is 11.9. The zero-order valence-electron chi connectivity index (χ0n) is 19.9. The number of amides is 2. The van der Waals surface area contributed by atoms with Gasteiger partial charge in [-0.25, -0.2) is 4.79 Å². The molecular formula is C27H31N3O5. The molecule has 0 bridgehead atoms. The molecule has 1 aliphatic heterocycles. The van der Waals surface area contributed by atoms with Crippen molar-refractivity contribution < 1.29 is 24.2 Å². The summed E-state index contributed by atoms with van der Waals surface area (Å²) in [6.45, 7) is 5.11. The Balaban J connectivity index is 1.23. The van der Waals surface area contributed by atoms with Crippen LogP contribution in [0.1, 0.15) is 30.4 Å². The van der Waals surface area contributed by atoms with E-state index in [1.165, 1.54) is 11.1 Å². The van der Waals surface area contributed by atoms with Crippen molar-refractivity contribution in [3.8, 4) is 11.1 Å². The van der Waals surface area contributed by atoms with E-state index in [-0.39, 0.29) is 31.4 Å². The molecule has 1 heterocycles. The molecular weight excluding hydrogens is 446 g/mol. The lowest BCUT2D eigenvalue weighted by molar-refractivity contribution is -0.138. The highest BCUT2D eigenvalue weighted by atomic mass is 16.5. The highest BCUT2D eigenvalue weighted by molar-refractivity contribution is 5.93.